The highest BCUT2D eigenvalue weighted by atomic mass is 16.6. The fourth-order valence-electron chi connectivity index (χ4n) is 2.85. The average Bonchev–Trinajstić information content (AvgIpc) is 3.17. The molecule has 26 heavy (non-hydrogen) atoms. The summed E-state index contributed by atoms with van der Waals surface area (Å²) in [4.78, 5) is 13.2. The zero-order valence-electron chi connectivity index (χ0n) is 14.2. The molecule has 1 fully saturated rings. The molecule has 2 N–H and O–H groups in total. The molecular weight excluding hydrogens is 336 g/mol. The predicted molar refractivity (Wildman–Crippen MR) is 95.1 cm³/mol. The first-order chi connectivity index (χ1) is 12.6. The van der Waals surface area contributed by atoms with E-state index in [4.69, 9.17) is 5.26 Å². The standard InChI is InChI=1S/C16H18N8O2/c1-11-4-6-23(7-5-11)14-3-2-13(8-15(14)24(25)26)18-10-12(9-17)16-19-21-22-20-16/h2-3,8,10-11,18H,4-7H2,1H3,(H,19,20,21,22). The number of rotatable bonds is 5. The summed E-state index contributed by atoms with van der Waals surface area (Å²) in [5.41, 5.74) is 1.32. The van der Waals surface area contributed by atoms with Crippen LogP contribution in [0.1, 0.15) is 25.6 Å². The van der Waals surface area contributed by atoms with Crippen LogP contribution in [0.5, 0.6) is 0 Å². The van der Waals surface area contributed by atoms with Gasteiger partial charge in [0.1, 0.15) is 17.3 Å². The van der Waals surface area contributed by atoms with E-state index in [0.717, 1.165) is 25.9 Å². The van der Waals surface area contributed by atoms with Gasteiger partial charge in [-0.15, -0.1) is 10.2 Å². The van der Waals surface area contributed by atoms with Gasteiger partial charge in [0, 0.05) is 31.0 Å². The molecule has 0 unspecified atom stereocenters. The molecule has 1 aromatic heterocycles. The topological polar surface area (TPSA) is 137 Å². The Morgan fingerprint density at radius 3 is 2.88 bits per heavy atom. The Morgan fingerprint density at radius 2 is 2.27 bits per heavy atom. The Bertz CT molecular complexity index is 848. The molecule has 1 aliphatic heterocycles. The number of hydrogen-bond acceptors (Lipinski definition) is 8. The quantitative estimate of drug-likeness (QED) is 0.474. The number of aromatic nitrogens is 4. The van der Waals surface area contributed by atoms with Crippen LogP contribution in [0.4, 0.5) is 17.1 Å². The van der Waals surface area contributed by atoms with Gasteiger partial charge in [-0.25, -0.2) is 0 Å². The van der Waals surface area contributed by atoms with Crippen molar-refractivity contribution in [2.75, 3.05) is 23.3 Å². The molecule has 1 saturated heterocycles. The number of nitrogens with one attached hydrogen (secondary N) is 2. The number of piperidine rings is 1. The Labute approximate surface area is 149 Å². The second-order valence-electron chi connectivity index (χ2n) is 6.18. The molecule has 10 nitrogen and oxygen atoms in total. The van der Waals surface area contributed by atoms with Gasteiger partial charge < -0.3 is 10.2 Å². The van der Waals surface area contributed by atoms with Gasteiger partial charge in [-0.2, -0.15) is 10.5 Å². The number of nitrogens with zero attached hydrogens (tertiary/aromatic N) is 6. The van der Waals surface area contributed by atoms with Crippen LogP contribution in [-0.2, 0) is 0 Å². The van der Waals surface area contributed by atoms with E-state index in [1.165, 1.54) is 12.3 Å². The van der Waals surface area contributed by atoms with Crippen molar-refractivity contribution in [1.29, 1.82) is 5.26 Å². The largest absolute Gasteiger partial charge is 0.366 e. The van der Waals surface area contributed by atoms with Crippen LogP contribution < -0.4 is 10.2 Å². The molecule has 0 atom stereocenters. The number of hydrogen-bond donors (Lipinski definition) is 2. The SMILES string of the molecule is CC1CCN(c2ccc(NC=C(C#N)c3nn[nH]n3)cc2[N+](=O)[O-])CC1. The third-order valence-corrected chi connectivity index (χ3v) is 4.39. The van der Waals surface area contributed by atoms with Crippen LogP contribution in [0.25, 0.3) is 5.57 Å². The molecule has 0 radical (unpaired) electrons. The molecule has 2 aromatic rings. The fourth-order valence-corrected chi connectivity index (χ4v) is 2.85. The maximum atomic E-state index is 11.5. The second kappa shape index (κ2) is 7.60. The molecule has 1 aliphatic rings. The van der Waals surface area contributed by atoms with Crippen LogP contribution in [0.3, 0.4) is 0 Å². The van der Waals surface area contributed by atoms with E-state index < -0.39 is 0 Å². The van der Waals surface area contributed by atoms with Crippen molar-refractivity contribution < 1.29 is 4.92 Å². The number of tetrazole rings is 1. The lowest BCUT2D eigenvalue weighted by Gasteiger charge is -2.31. The van der Waals surface area contributed by atoms with Crippen LogP contribution in [-0.4, -0.2) is 38.6 Å². The van der Waals surface area contributed by atoms with Crippen molar-refractivity contribution in [3.05, 3.63) is 40.3 Å². The van der Waals surface area contributed by atoms with Gasteiger partial charge >= 0.3 is 0 Å². The third-order valence-electron chi connectivity index (χ3n) is 4.39. The maximum absolute atomic E-state index is 11.5. The van der Waals surface area contributed by atoms with Crippen LogP contribution >= 0.6 is 0 Å². The van der Waals surface area contributed by atoms with Crippen molar-refractivity contribution in [1.82, 2.24) is 20.6 Å². The Morgan fingerprint density at radius 1 is 1.50 bits per heavy atom. The highest BCUT2D eigenvalue weighted by Gasteiger charge is 2.23. The summed E-state index contributed by atoms with van der Waals surface area (Å²) < 4.78 is 0. The van der Waals surface area contributed by atoms with Crippen LogP contribution in [0.2, 0.25) is 0 Å². The van der Waals surface area contributed by atoms with Crippen molar-refractivity contribution in [2.45, 2.75) is 19.8 Å². The lowest BCUT2D eigenvalue weighted by atomic mass is 9.98. The summed E-state index contributed by atoms with van der Waals surface area (Å²) in [5, 5.41) is 36.7. The summed E-state index contributed by atoms with van der Waals surface area (Å²) in [6.07, 6.45) is 3.44. The summed E-state index contributed by atoms with van der Waals surface area (Å²) in [5.74, 6) is 0.791. The van der Waals surface area contributed by atoms with Crippen molar-refractivity contribution in [2.24, 2.45) is 5.92 Å². The lowest BCUT2D eigenvalue weighted by Crippen LogP contribution is -2.33. The molecular formula is C16H18N8O2. The Balaban J connectivity index is 1.82. The van der Waals surface area contributed by atoms with Crippen molar-refractivity contribution >= 4 is 22.6 Å². The molecule has 2 heterocycles. The average molecular weight is 354 g/mol. The van der Waals surface area contributed by atoms with Gasteiger partial charge in [-0.3, -0.25) is 10.1 Å². The van der Waals surface area contributed by atoms with Gasteiger partial charge in [0.25, 0.3) is 5.69 Å². The normalized spacial score (nSPS) is 15.5. The highest BCUT2D eigenvalue weighted by Crippen LogP contribution is 2.33. The number of aromatic amines is 1. The smallest absolute Gasteiger partial charge is 0.294 e. The summed E-state index contributed by atoms with van der Waals surface area (Å²) >= 11 is 0. The van der Waals surface area contributed by atoms with Gasteiger partial charge in [0.05, 0.1) is 4.92 Å². The van der Waals surface area contributed by atoms with E-state index in [9.17, 15) is 10.1 Å². The van der Waals surface area contributed by atoms with Crippen molar-refractivity contribution in [3.63, 3.8) is 0 Å². The summed E-state index contributed by atoms with van der Waals surface area (Å²) in [6.45, 7) is 3.82. The molecule has 0 saturated carbocycles. The minimum atomic E-state index is -0.382. The van der Waals surface area contributed by atoms with Gasteiger partial charge in [0.2, 0.25) is 5.82 Å². The number of allylic oxidation sites excluding steroid dienone is 1. The van der Waals surface area contributed by atoms with E-state index in [0.29, 0.717) is 17.3 Å². The second-order valence-corrected chi connectivity index (χ2v) is 6.18. The molecule has 1 aromatic carbocycles. The zero-order valence-corrected chi connectivity index (χ0v) is 14.2. The number of anilines is 2. The monoisotopic (exact) mass is 354 g/mol. The van der Waals surface area contributed by atoms with Gasteiger partial charge in [-0.1, -0.05) is 6.92 Å². The Hall–Kier alpha value is -3.48. The zero-order chi connectivity index (χ0) is 18.5. The van der Waals surface area contributed by atoms with Crippen LogP contribution in [0, 0.1) is 27.4 Å². The number of nitro groups is 1. The predicted octanol–water partition coefficient (Wildman–Crippen LogP) is 2.32. The highest BCUT2D eigenvalue weighted by molar-refractivity contribution is 5.75. The van der Waals surface area contributed by atoms with Gasteiger partial charge in [-0.05, 0) is 36.1 Å². The number of H-pyrrole nitrogens is 1. The number of nitriles is 1. The fraction of sp³-hybridized carbons (Fsp3) is 0.375. The van der Waals surface area contributed by atoms with Crippen molar-refractivity contribution in [3.8, 4) is 6.07 Å². The Kier molecular flexibility index (Phi) is 5.07. The first-order valence-electron chi connectivity index (χ1n) is 8.22. The van der Waals surface area contributed by atoms with Crippen LogP contribution in [0.15, 0.2) is 24.4 Å². The molecule has 0 spiro atoms. The lowest BCUT2D eigenvalue weighted by molar-refractivity contribution is -0.384. The third kappa shape index (κ3) is 3.77. The first kappa shape index (κ1) is 17.3. The van der Waals surface area contributed by atoms with E-state index in [-0.39, 0.29) is 22.0 Å². The van der Waals surface area contributed by atoms with E-state index >= 15 is 0 Å². The van der Waals surface area contributed by atoms with E-state index in [1.807, 2.05) is 6.07 Å². The molecule has 10 heteroatoms. The molecule has 0 aliphatic carbocycles. The number of benzene rings is 1. The molecule has 0 bridgehead atoms. The van der Waals surface area contributed by atoms with E-state index in [1.54, 1.807) is 12.1 Å². The molecule has 134 valence electrons. The maximum Gasteiger partial charge on any atom is 0.294 e. The minimum Gasteiger partial charge on any atom is -0.366 e. The summed E-state index contributed by atoms with van der Waals surface area (Å²) in [7, 11) is 0. The molecule has 0 amide bonds. The minimum absolute atomic E-state index is 0.0380. The number of nitro benzene ring substituents is 1. The van der Waals surface area contributed by atoms with E-state index in [2.05, 4.69) is 37.8 Å². The molecule has 3 rings (SSSR count). The summed E-state index contributed by atoms with van der Waals surface area (Å²) in [6, 6.07) is 6.91. The first-order valence-corrected chi connectivity index (χ1v) is 8.22. The van der Waals surface area contributed by atoms with Gasteiger partial charge in [0.15, 0.2) is 0 Å².